The van der Waals surface area contributed by atoms with Gasteiger partial charge in [-0.1, -0.05) is 38.3 Å². The van der Waals surface area contributed by atoms with Crippen LogP contribution >= 0.6 is 11.6 Å². The molecule has 3 heteroatoms. The van der Waals surface area contributed by atoms with Crippen LogP contribution in [0.2, 0.25) is 5.02 Å². The average molecular weight is 267 g/mol. The van der Waals surface area contributed by atoms with Gasteiger partial charge in [-0.2, -0.15) is 0 Å². The molecule has 0 saturated carbocycles. The van der Waals surface area contributed by atoms with Crippen LogP contribution in [0.1, 0.15) is 56.3 Å². The molecule has 1 heterocycles. The van der Waals surface area contributed by atoms with Crippen LogP contribution < -0.4 is 4.74 Å². The van der Waals surface area contributed by atoms with Gasteiger partial charge in [-0.25, -0.2) is 0 Å². The highest BCUT2D eigenvalue weighted by Crippen LogP contribution is 2.39. The zero-order valence-electron chi connectivity index (χ0n) is 11.0. The normalized spacial score (nSPS) is 17.2. The maximum atomic E-state index is 12.3. The predicted molar refractivity (Wildman–Crippen MR) is 73.6 cm³/mol. The van der Waals surface area contributed by atoms with Crippen LogP contribution in [0.15, 0.2) is 18.2 Å². The Morgan fingerprint density at radius 2 is 1.94 bits per heavy atom. The minimum atomic E-state index is -0.304. The zero-order valence-corrected chi connectivity index (χ0v) is 11.7. The summed E-state index contributed by atoms with van der Waals surface area (Å²) in [6, 6.07) is 5.30. The summed E-state index contributed by atoms with van der Waals surface area (Å²) in [7, 11) is 0. The second-order valence-corrected chi connectivity index (χ2v) is 5.46. The molecule has 1 aromatic carbocycles. The fraction of sp³-hybridized carbons (Fsp3) is 0.533. The molecule has 0 N–H and O–H groups in total. The second kappa shape index (κ2) is 5.31. The number of rotatable bonds is 4. The summed E-state index contributed by atoms with van der Waals surface area (Å²) >= 11 is 5.93. The summed E-state index contributed by atoms with van der Waals surface area (Å²) in [6.45, 7) is 4.26. The van der Waals surface area contributed by atoms with Crippen LogP contribution in [0.25, 0.3) is 0 Å². The average Bonchev–Trinajstić information content (AvgIpc) is 2.31. The third kappa shape index (κ3) is 2.54. The molecule has 2 rings (SSSR count). The number of carbonyl (C=O) groups is 1. The van der Waals surface area contributed by atoms with Gasteiger partial charge in [-0.15, -0.1) is 0 Å². The third-order valence-electron chi connectivity index (χ3n) is 3.46. The Bertz CT molecular complexity index is 448. The van der Waals surface area contributed by atoms with Crippen molar-refractivity contribution in [3.8, 4) is 5.75 Å². The number of hydrogen-bond donors (Lipinski definition) is 0. The molecule has 18 heavy (non-hydrogen) atoms. The number of ketones is 1. The van der Waals surface area contributed by atoms with E-state index in [1.54, 1.807) is 12.1 Å². The molecule has 0 amide bonds. The monoisotopic (exact) mass is 266 g/mol. The highest BCUT2D eigenvalue weighted by Gasteiger charge is 2.39. The second-order valence-electron chi connectivity index (χ2n) is 5.03. The van der Waals surface area contributed by atoms with E-state index < -0.39 is 0 Å². The SMILES string of the molecule is CCCC1(CCC)CC(=O)c2cc(Cl)ccc2O1. The van der Waals surface area contributed by atoms with Crippen molar-refractivity contribution in [3.63, 3.8) is 0 Å². The van der Waals surface area contributed by atoms with Gasteiger partial charge in [0.15, 0.2) is 5.78 Å². The van der Waals surface area contributed by atoms with Crippen LogP contribution in [-0.2, 0) is 0 Å². The van der Waals surface area contributed by atoms with Gasteiger partial charge in [0.1, 0.15) is 11.4 Å². The van der Waals surface area contributed by atoms with Crippen LogP contribution in [0.4, 0.5) is 0 Å². The first-order valence-corrected chi connectivity index (χ1v) is 7.00. The van der Waals surface area contributed by atoms with Gasteiger partial charge in [0.05, 0.1) is 12.0 Å². The van der Waals surface area contributed by atoms with Crippen LogP contribution in [0, 0.1) is 0 Å². The van der Waals surface area contributed by atoms with E-state index in [2.05, 4.69) is 13.8 Å². The number of carbonyl (C=O) groups excluding carboxylic acids is 1. The standard InChI is InChI=1S/C15H19ClO2/c1-3-7-15(8-4-2)10-13(17)12-9-11(16)5-6-14(12)18-15/h5-6,9H,3-4,7-8,10H2,1-2H3. The lowest BCUT2D eigenvalue weighted by Gasteiger charge is -2.38. The van der Waals surface area contributed by atoms with Gasteiger partial charge < -0.3 is 4.74 Å². The Kier molecular flexibility index (Phi) is 3.96. The molecule has 0 fully saturated rings. The lowest BCUT2D eigenvalue weighted by atomic mass is 9.83. The topological polar surface area (TPSA) is 26.3 Å². The molecule has 0 bridgehead atoms. The molecule has 0 unspecified atom stereocenters. The molecule has 0 radical (unpaired) electrons. The van der Waals surface area contributed by atoms with Crippen LogP contribution in [-0.4, -0.2) is 11.4 Å². The van der Waals surface area contributed by atoms with Gasteiger partial charge in [0.2, 0.25) is 0 Å². The number of ether oxygens (including phenoxy) is 1. The van der Waals surface area contributed by atoms with Crippen molar-refractivity contribution < 1.29 is 9.53 Å². The van der Waals surface area contributed by atoms with Gasteiger partial charge in [0, 0.05) is 5.02 Å². The maximum Gasteiger partial charge on any atom is 0.170 e. The molecule has 1 aliphatic heterocycles. The van der Waals surface area contributed by atoms with E-state index in [0.29, 0.717) is 22.8 Å². The van der Waals surface area contributed by atoms with Gasteiger partial charge in [-0.3, -0.25) is 4.79 Å². The Labute approximate surface area is 113 Å². The molecule has 0 saturated heterocycles. The maximum absolute atomic E-state index is 12.3. The summed E-state index contributed by atoms with van der Waals surface area (Å²) in [5, 5.41) is 0.587. The first kappa shape index (κ1) is 13.4. The largest absolute Gasteiger partial charge is 0.486 e. The molecule has 0 aliphatic carbocycles. The van der Waals surface area contributed by atoms with Gasteiger partial charge >= 0.3 is 0 Å². The summed E-state index contributed by atoms with van der Waals surface area (Å²) in [6.07, 6.45) is 4.37. The van der Waals surface area contributed by atoms with Crippen molar-refractivity contribution in [1.82, 2.24) is 0 Å². The number of hydrogen-bond acceptors (Lipinski definition) is 2. The van der Waals surface area contributed by atoms with E-state index in [-0.39, 0.29) is 11.4 Å². The van der Waals surface area contributed by atoms with Gasteiger partial charge in [0.25, 0.3) is 0 Å². The zero-order chi connectivity index (χ0) is 13.2. The van der Waals surface area contributed by atoms with Crippen molar-refractivity contribution in [2.75, 3.05) is 0 Å². The highest BCUT2D eigenvalue weighted by atomic mass is 35.5. The molecule has 2 nitrogen and oxygen atoms in total. The minimum Gasteiger partial charge on any atom is -0.486 e. The third-order valence-corrected chi connectivity index (χ3v) is 3.70. The quantitative estimate of drug-likeness (QED) is 0.793. The molecule has 0 spiro atoms. The van der Waals surface area contributed by atoms with E-state index in [1.807, 2.05) is 6.07 Å². The number of halogens is 1. The molecule has 98 valence electrons. The van der Waals surface area contributed by atoms with E-state index in [9.17, 15) is 4.79 Å². The summed E-state index contributed by atoms with van der Waals surface area (Å²) in [5.74, 6) is 0.846. The highest BCUT2D eigenvalue weighted by molar-refractivity contribution is 6.31. The lowest BCUT2D eigenvalue weighted by Crippen LogP contribution is -2.41. The smallest absolute Gasteiger partial charge is 0.170 e. The number of fused-ring (bicyclic) bond motifs is 1. The summed E-state index contributed by atoms with van der Waals surface area (Å²) in [4.78, 5) is 12.3. The molecular weight excluding hydrogens is 248 g/mol. The van der Waals surface area contributed by atoms with Crippen molar-refractivity contribution in [1.29, 1.82) is 0 Å². The van der Waals surface area contributed by atoms with Crippen molar-refractivity contribution >= 4 is 17.4 Å². The first-order valence-electron chi connectivity index (χ1n) is 6.62. The molecule has 0 atom stereocenters. The van der Waals surface area contributed by atoms with E-state index >= 15 is 0 Å². The lowest BCUT2D eigenvalue weighted by molar-refractivity contribution is 0.0271. The Morgan fingerprint density at radius 1 is 1.28 bits per heavy atom. The minimum absolute atomic E-state index is 0.153. The first-order chi connectivity index (χ1) is 8.60. The van der Waals surface area contributed by atoms with Crippen molar-refractivity contribution in [2.24, 2.45) is 0 Å². The molecule has 0 aromatic heterocycles. The Morgan fingerprint density at radius 3 is 2.56 bits per heavy atom. The van der Waals surface area contributed by atoms with Crippen molar-refractivity contribution in [2.45, 2.75) is 51.6 Å². The molecule has 1 aromatic rings. The molecule has 1 aliphatic rings. The molecular formula is C15H19ClO2. The van der Waals surface area contributed by atoms with Gasteiger partial charge in [-0.05, 0) is 31.0 Å². The fourth-order valence-electron chi connectivity index (χ4n) is 2.78. The number of Topliss-reactive ketones (excluding diaryl/α,β-unsaturated/α-hetero) is 1. The predicted octanol–water partition coefficient (Wildman–Crippen LogP) is 4.64. The van der Waals surface area contributed by atoms with Crippen molar-refractivity contribution in [3.05, 3.63) is 28.8 Å². The van der Waals surface area contributed by atoms with E-state index in [1.165, 1.54) is 0 Å². The fourth-order valence-corrected chi connectivity index (χ4v) is 2.95. The summed E-state index contributed by atoms with van der Waals surface area (Å²) in [5.41, 5.74) is 0.326. The van der Waals surface area contributed by atoms with E-state index in [0.717, 1.165) is 25.7 Å². The van der Waals surface area contributed by atoms with E-state index in [4.69, 9.17) is 16.3 Å². The Hall–Kier alpha value is -1.02. The van der Waals surface area contributed by atoms with Crippen LogP contribution in [0.5, 0.6) is 5.75 Å². The summed E-state index contributed by atoms with van der Waals surface area (Å²) < 4.78 is 6.15. The van der Waals surface area contributed by atoms with Crippen LogP contribution in [0.3, 0.4) is 0 Å². The number of benzene rings is 1. The Balaban J connectivity index is 2.36.